The monoisotopic (exact) mass is 311 g/mol. The quantitative estimate of drug-likeness (QED) is 0.928. The van der Waals surface area contributed by atoms with Crippen molar-refractivity contribution in [1.29, 1.82) is 0 Å². The van der Waals surface area contributed by atoms with Gasteiger partial charge in [-0.1, -0.05) is 0 Å². The van der Waals surface area contributed by atoms with Crippen LogP contribution in [0.2, 0.25) is 0 Å². The van der Waals surface area contributed by atoms with Gasteiger partial charge in [0.25, 0.3) is 0 Å². The van der Waals surface area contributed by atoms with Crippen molar-refractivity contribution in [2.45, 2.75) is 25.7 Å². The van der Waals surface area contributed by atoms with Gasteiger partial charge in [0.15, 0.2) is 0 Å². The highest BCUT2D eigenvalue weighted by Crippen LogP contribution is 2.26. The number of anilines is 1. The van der Waals surface area contributed by atoms with Crippen molar-refractivity contribution in [3.05, 3.63) is 22.9 Å². The summed E-state index contributed by atoms with van der Waals surface area (Å²) in [5, 5.41) is 0. The van der Waals surface area contributed by atoms with E-state index in [9.17, 15) is 4.79 Å². The molecule has 1 saturated heterocycles. The van der Waals surface area contributed by atoms with Crippen LogP contribution in [-0.4, -0.2) is 24.0 Å². The highest BCUT2D eigenvalue weighted by atomic mass is 79.9. The van der Waals surface area contributed by atoms with E-state index >= 15 is 0 Å². The summed E-state index contributed by atoms with van der Waals surface area (Å²) in [5.41, 5.74) is 6.35. The highest BCUT2D eigenvalue weighted by molar-refractivity contribution is 9.10. The van der Waals surface area contributed by atoms with Gasteiger partial charge in [0.05, 0.1) is 11.9 Å². The van der Waals surface area contributed by atoms with E-state index in [-0.39, 0.29) is 5.91 Å². The lowest BCUT2D eigenvalue weighted by Gasteiger charge is -2.34. The number of pyridine rings is 1. The molecule has 1 aromatic heterocycles. The van der Waals surface area contributed by atoms with E-state index in [2.05, 4.69) is 31.9 Å². The molecule has 0 spiro atoms. The van der Waals surface area contributed by atoms with Gasteiger partial charge < -0.3 is 10.6 Å². The van der Waals surface area contributed by atoms with E-state index in [0.717, 1.165) is 36.1 Å². The lowest BCUT2D eigenvalue weighted by Crippen LogP contribution is -2.35. The number of carbonyl (C=O) groups is 1. The number of rotatable bonds is 4. The molecule has 1 amide bonds. The molecule has 0 aromatic carbocycles. The maximum atomic E-state index is 10.8. The predicted molar refractivity (Wildman–Crippen MR) is 75.3 cm³/mol. The number of nitrogens with two attached hydrogens (primary N) is 1. The fourth-order valence-electron chi connectivity index (χ4n) is 2.46. The Bertz CT molecular complexity index is 424. The van der Waals surface area contributed by atoms with Crippen LogP contribution in [0, 0.1) is 5.92 Å². The number of primary amides is 1. The minimum Gasteiger partial charge on any atom is -0.370 e. The van der Waals surface area contributed by atoms with E-state index < -0.39 is 0 Å². The molecule has 1 aromatic rings. The smallest absolute Gasteiger partial charge is 0.217 e. The lowest BCUT2D eigenvalue weighted by molar-refractivity contribution is -0.118. The second kappa shape index (κ2) is 6.18. The first-order chi connectivity index (χ1) is 8.65. The number of hydrogen-bond donors (Lipinski definition) is 1. The van der Waals surface area contributed by atoms with Crippen LogP contribution in [0.3, 0.4) is 0 Å². The number of amides is 1. The Morgan fingerprint density at radius 2 is 2.39 bits per heavy atom. The SMILES string of the molecule is NC(=O)CC[C@@H]1CCCN(c2cncc(Br)c2)C1. The summed E-state index contributed by atoms with van der Waals surface area (Å²) in [6.07, 6.45) is 7.42. The van der Waals surface area contributed by atoms with Gasteiger partial charge in [-0.25, -0.2) is 0 Å². The summed E-state index contributed by atoms with van der Waals surface area (Å²) < 4.78 is 0.999. The van der Waals surface area contributed by atoms with Crippen molar-refractivity contribution >= 4 is 27.5 Å². The number of piperidine rings is 1. The zero-order valence-electron chi connectivity index (χ0n) is 10.3. The van der Waals surface area contributed by atoms with E-state index in [1.807, 2.05) is 6.20 Å². The summed E-state index contributed by atoms with van der Waals surface area (Å²) in [6.45, 7) is 2.05. The number of nitrogens with zero attached hydrogens (tertiary/aromatic N) is 2. The van der Waals surface area contributed by atoms with Crippen LogP contribution in [0.1, 0.15) is 25.7 Å². The van der Waals surface area contributed by atoms with Crippen molar-refractivity contribution in [1.82, 2.24) is 4.98 Å². The average molecular weight is 312 g/mol. The minimum atomic E-state index is -0.198. The molecule has 5 heteroatoms. The van der Waals surface area contributed by atoms with Crippen LogP contribution in [-0.2, 0) is 4.79 Å². The Morgan fingerprint density at radius 1 is 1.56 bits per heavy atom. The van der Waals surface area contributed by atoms with Gasteiger partial charge in [-0.3, -0.25) is 9.78 Å². The molecule has 0 bridgehead atoms. The molecular formula is C13H18BrN3O. The Kier molecular flexibility index (Phi) is 4.58. The standard InChI is InChI=1S/C13H18BrN3O/c14-11-6-12(8-16-7-11)17-5-1-2-10(9-17)3-4-13(15)18/h6-8,10H,1-5,9H2,(H2,15,18)/t10-/m0/s1. The van der Waals surface area contributed by atoms with Crippen LogP contribution in [0.25, 0.3) is 0 Å². The third-order valence-corrected chi connectivity index (χ3v) is 3.81. The topological polar surface area (TPSA) is 59.2 Å². The Balaban J connectivity index is 1.96. The van der Waals surface area contributed by atoms with Crippen LogP contribution >= 0.6 is 15.9 Å². The third-order valence-electron chi connectivity index (χ3n) is 3.37. The van der Waals surface area contributed by atoms with Gasteiger partial charge in [-0.05, 0) is 47.2 Å². The largest absolute Gasteiger partial charge is 0.370 e. The third kappa shape index (κ3) is 3.70. The number of aromatic nitrogens is 1. The minimum absolute atomic E-state index is 0.198. The summed E-state index contributed by atoms with van der Waals surface area (Å²) in [6, 6.07) is 2.09. The average Bonchev–Trinajstić information content (AvgIpc) is 2.37. The highest BCUT2D eigenvalue weighted by Gasteiger charge is 2.20. The fourth-order valence-corrected chi connectivity index (χ4v) is 2.81. The molecule has 1 aliphatic heterocycles. The van der Waals surface area contributed by atoms with Gasteiger partial charge in [0, 0.05) is 30.2 Å². The Hall–Kier alpha value is -1.10. The van der Waals surface area contributed by atoms with Crippen molar-refractivity contribution in [2.24, 2.45) is 11.7 Å². The molecule has 0 saturated carbocycles. The maximum Gasteiger partial charge on any atom is 0.217 e. The second-order valence-electron chi connectivity index (χ2n) is 4.82. The number of halogens is 1. The Morgan fingerprint density at radius 3 is 3.11 bits per heavy atom. The Labute approximate surface area is 116 Å². The first kappa shape index (κ1) is 13.3. The van der Waals surface area contributed by atoms with Gasteiger partial charge >= 0.3 is 0 Å². The zero-order chi connectivity index (χ0) is 13.0. The molecule has 1 aliphatic rings. The molecule has 2 rings (SSSR count). The second-order valence-corrected chi connectivity index (χ2v) is 5.74. The molecule has 18 heavy (non-hydrogen) atoms. The van der Waals surface area contributed by atoms with Crippen molar-refractivity contribution in [2.75, 3.05) is 18.0 Å². The molecule has 0 unspecified atom stereocenters. The van der Waals surface area contributed by atoms with Gasteiger partial charge in [-0.2, -0.15) is 0 Å². The van der Waals surface area contributed by atoms with Crippen LogP contribution < -0.4 is 10.6 Å². The lowest BCUT2D eigenvalue weighted by atomic mass is 9.93. The predicted octanol–water partition coefficient (Wildman–Crippen LogP) is 2.33. The molecular weight excluding hydrogens is 294 g/mol. The molecule has 1 fully saturated rings. The van der Waals surface area contributed by atoms with Crippen LogP contribution in [0.4, 0.5) is 5.69 Å². The fraction of sp³-hybridized carbons (Fsp3) is 0.538. The maximum absolute atomic E-state index is 10.8. The first-order valence-corrected chi connectivity index (χ1v) is 7.08. The normalized spacial score (nSPS) is 19.8. The summed E-state index contributed by atoms with van der Waals surface area (Å²) in [7, 11) is 0. The van der Waals surface area contributed by atoms with Crippen molar-refractivity contribution in [3.8, 4) is 0 Å². The van der Waals surface area contributed by atoms with Gasteiger partial charge in [-0.15, -0.1) is 0 Å². The first-order valence-electron chi connectivity index (χ1n) is 6.29. The summed E-state index contributed by atoms with van der Waals surface area (Å²) in [5.74, 6) is 0.362. The summed E-state index contributed by atoms with van der Waals surface area (Å²) >= 11 is 3.44. The van der Waals surface area contributed by atoms with E-state index in [1.165, 1.54) is 6.42 Å². The van der Waals surface area contributed by atoms with E-state index in [1.54, 1.807) is 6.20 Å². The molecule has 2 heterocycles. The molecule has 1 atom stereocenters. The number of carbonyl (C=O) groups excluding carboxylic acids is 1. The van der Waals surface area contributed by atoms with Gasteiger partial charge in [0.2, 0.25) is 5.91 Å². The van der Waals surface area contributed by atoms with Crippen LogP contribution in [0.15, 0.2) is 22.9 Å². The zero-order valence-corrected chi connectivity index (χ0v) is 11.9. The molecule has 2 N–H and O–H groups in total. The van der Waals surface area contributed by atoms with Crippen LogP contribution in [0.5, 0.6) is 0 Å². The number of hydrogen-bond acceptors (Lipinski definition) is 3. The van der Waals surface area contributed by atoms with E-state index in [0.29, 0.717) is 12.3 Å². The molecule has 0 aliphatic carbocycles. The molecule has 0 radical (unpaired) electrons. The molecule has 98 valence electrons. The van der Waals surface area contributed by atoms with E-state index in [4.69, 9.17) is 5.73 Å². The molecule has 4 nitrogen and oxygen atoms in total. The van der Waals surface area contributed by atoms with Crippen molar-refractivity contribution in [3.63, 3.8) is 0 Å². The van der Waals surface area contributed by atoms with Gasteiger partial charge in [0.1, 0.15) is 0 Å². The summed E-state index contributed by atoms with van der Waals surface area (Å²) in [4.78, 5) is 17.4. The van der Waals surface area contributed by atoms with Crippen molar-refractivity contribution < 1.29 is 4.79 Å².